The molecular formula is C19H20F3N3O5S2. The number of rotatable bonds is 6. The molecule has 0 atom stereocenters. The molecule has 0 aromatic heterocycles. The zero-order valence-corrected chi connectivity index (χ0v) is 18.2. The average molecular weight is 492 g/mol. The molecule has 8 nitrogen and oxygen atoms in total. The summed E-state index contributed by atoms with van der Waals surface area (Å²) in [7, 11) is -7.99. The third-order valence-corrected chi connectivity index (χ3v) is 7.21. The number of benzene rings is 2. The summed E-state index contributed by atoms with van der Waals surface area (Å²) in [4.78, 5) is 3.86. The van der Waals surface area contributed by atoms with Crippen LogP contribution in [0.15, 0.2) is 63.3 Å². The van der Waals surface area contributed by atoms with Crippen LogP contribution < -0.4 is 14.2 Å². The van der Waals surface area contributed by atoms with Gasteiger partial charge in [-0.05, 0) is 61.4 Å². The van der Waals surface area contributed by atoms with Gasteiger partial charge in [0.05, 0.1) is 9.79 Å². The van der Waals surface area contributed by atoms with Gasteiger partial charge in [-0.3, -0.25) is 14.4 Å². The highest BCUT2D eigenvalue weighted by Crippen LogP contribution is 2.25. The van der Waals surface area contributed by atoms with Crippen LogP contribution in [0.25, 0.3) is 0 Å². The Morgan fingerprint density at radius 2 is 1.34 bits per heavy atom. The van der Waals surface area contributed by atoms with Crippen LogP contribution in [0.5, 0.6) is 5.75 Å². The maximum absolute atomic E-state index is 12.5. The number of sulfonamides is 2. The van der Waals surface area contributed by atoms with Crippen molar-refractivity contribution >= 4 is 31.6 Å². The Morgan fingerprint density at radius 3 is 1.94 bits per heavy atom. The van der Waals surface area contributed by atoms with Crippen LogP contribution in [0.3, 0.4) is 0 Å². The van der Waals surface area contributed by atoms with Gasteiger partial charge >= 0.3 is 6.36 Å². The number of amidine groups is 1. The second-order valence-electron chi connectivity index (χ2n) is 6.89. The highest BCUT2D eigenvalue weighted by molar-refractivity contribution is 7.92. The SMILES string of the molecule is O=S(=O)(NC1=NCCCCC1)c1ccc(NS(=O)(=O)c2ccc(OC(F)(F)F)cc2)cc1. The first-order chi connectivity index (χ1) is 14.9. The van der Waals surface area contributed by atoms with E-state index >= 15 is 0 Å². The maximum Gasteiger partial charge on any atom is 0.573 e. The Balaban J connectivity index is 1.69. The van der Waals surface area contributed by atoms with E-state index in [0.29, 0.717) is 18.8 Å². The van der Waals surface area contributed by atoms with Gasteiger partial charge in [0.2, 0.25) is 0 Å². The van der Waals surface area contributed by atoms with Gasteiger partial charge in [0.1, 0.15) is 11.6 Å². The molecule has 1 heterocycles. The molecule has 0 unspecified atom stereocenters. The minimum atomic E-state index is -4.89. The molecule has 1 aliphatic rings. The van der Waals surface area contributed by atoms with Gasteiger partial charge in [0.25, 0.3) is 20.0 Å². The number of aliphatic imine (C=N–C) groups is 1. The summed E-state index contributed by atoms with van der Waals surface area (Å²) in [5.74, 6) is -0.165. The van der Waals surface area contributed by atoms with E-state index in [1.165, 1.54) is 24.3 Å². The van der Waals surface area contributed by atoms with Gasteiger partial charge in [-0.1, -0.05) is 6.42 Å². The molecule has 0 amide bonds. The summed E-state index contributed by atoms with van der Waals surface area (Å²) in [6.07, 6.45) is -1.65. The lowest BCUT2D eigenvalue weighted by Crippen LogP contribution is -2.30. The summed E-state index contributed by atoms with van der Waals surface area (Å²) in [6.45, 7) is 0.557. The Bertz CT molecular complexity index is 1180. The first-order valence-corrected chi connectivity index (χ1v) is 12.5. The van der Waals surface area contributed by atoms with E-state index < -0.39 is 32.2 Å². The van der Waals surface area contributed by atoms with Crippen LogP contribution in [0.2, 0.25) is 0 Å². The molecule has 32 heavy (non-hydrogen) atoms. The Labute approximate surface area is 183 Å². The first-order valence-electron chi connectivity index (χ1n) is 9.49. The summed E-state index contributed by atoms with van der Waals surface area (Å²) in [5.41, 5.74) is 0.0753. The number of nitrogens with one attached hydrogen (secondary N) is 2. The maximum atomic E-state index is 12.5. The van der Waals surface area contributed by atoms with E-state index in [-0.39, 0.29) is 15.5 Å². The first kappa shape index (κ1) is 23.9. The monoisotopic (exact) mass is 491 g/mol. The zero-order chi connectivity index (χ0) is 23.4. The normalized spacial score (nSPS) is 15.4. The molecule has 2 aromatic rings. The fraction of sp³-hybridized carbons (Fsp3) is 0.316. The number of alkyl halides is 3. The molecule has 2 aromatic carbocycles. The van der Waals surface area contributed by atoms with Gasteiger partial charge in [-0.2, -0.15) is 0 Å². The Hall–Kier alpha value is -2.80. The van der Waals surface area contributed by atoms with Crippen LogP contribution in [-0.4, -0.2) is 35.6 Å². The number of hydrogen-bond donors (Lipinski definition) is 2. The van der Waals surface area contributed by atoms with E-state index in [0.717, 1.165) is 43.5 Å². The molecule has 0 bridgehead atoms. The van der Waals surface area contributed by atoms with Crippen molar-refractivity contribution in [1.29, 1.82) is 0 Å². The number of hydrogen-bond acceptors (Lipinski definition) is 6. The smallest absolute Gasteiger partial charge is 0.406 e. The van der Waals surface area contributed by atoms with Gasteiger partial charge in [0, 0.05) is 18.7 Å². The summed E-state index contributed by atoms with van der Waals surface area (Å²) in [5, 5.41) is 0. The molecule has 0 fully saturated rings. The predicted octanol–water partition coefficient (Wildman–Crippen LogP) is 3.64. The van der Waals surface area contributed by atoms with Crippen molar-refractivity contribution < 1.29 is 34.7 Å². The molecule has 0 radical (unpaired) electrons. The second kappa shape index (κ2) is 9.36. The van der Waals surface area contributed by atoms with Crippen LogP contribution in [0.1, 0.15) is 25.7 Å². The zero-order valence-electron chi connectivity index (χ0n) is 16.6. The van der Waals surface area contributed by atoms with Gasteiger partial charge in [-0.15, -0.1) is 13.2 Å². The minimum absolute atomic E-state index is 0.0685. The number of ether oxygens (including phenoxy) is 1. The number of halogens is 3. The van der Waals surface area contributed by atoms with Crippen LogP contribution in [-0.2, 0) is 20.0 Å². The molecule has 0 saturated heterocycles. The minimum Gasteiger partial charge on any atom is -0.406 e. The third-order valence-electron chi connectivity index (χ3n) is 4.41. The van der Waals surface area contributed by atoms with Crippen molar-refractivity contribution in [3.05, 3.63) is 48.5 Å². The number of nitrogens with zero attached hydrogens (tertiary/aromatic N) is 1. The van der Waals surface area contributed by atoms with Crippen molar-refractivity contribution in [1.82, 2.24) is 4.72 Å². The molecule has 0 spiro atoms. The average Bonchev–Trinajstić information content (AvgIpc) is 2.95. The largest absolute Gasteiger partial charge is 0.573 e. The van der Waals surface area contributed by atoms with E-state index in [4.69, 9.17) is 0 Å². The highest BCUT2D eigenvalue weighted by atomic mass is 32.2. The Kier molecular flexibility index (Phi) is 6.98. The standard InChI is InChI=1S/C19H20F3N3O5S2/c20-19(21,22)30-15-7-11-17(12-8-15)31(26,27)24-14-5-9-16(10-6-14)32(28,29)25-18-4-2-1-3-13-23-18/h5-12,24H,1-4,13H2,(H,23,25). The van der Waals surface area contributed by atoms with Crippen molar-refractivity contribution in [3.8, 4) is 5.75 Å². The van der Waals surface area contributed by atoms with E-state index in [1.54, 1.807) is 0 Å². The molecule has 0 aliphatic carbocycles. The van der Waals surface area contributed by atoms with Crippen molar-refractivity contribution in [2.24, 2.45) is 4.99 Å². The summed E-state index contributed by atoms with van der Waals surface area (Å²) in [6, 6.07) is 8.66. The lowest BCUT2D eigenvalue weighted by Gasteiger charge is -2.12. The molecule has 3 rings (SSSR count). The lowest BCUT2D eigenvalue weighted by atomic mass is 10.2. The summed E-state index contributed by atoms with van der Waals surface area (Å²) < 4.78 is 95.1. The number of anilines is 1. The molecular weight excluding hydrogens is 471 g/mol. The topological polar surface area (TPSA) is 114 Å². The predicted molar refractivity (Wildman–Crippen MR) is 111 cm³/mol. The molecule has 2 N–H and O–H groups in total. The fourth-order valence-electron chi connectivity index (χ4n) is 2.91. The summed E-state index contributed by atoms with van der Waals surface area (Å²) >= 11 is 0. The van der Waals surface area contributed by atoms with Crippen LogP contribution in [0.4, 0.5) is 18.9 Å². The fourth-order valence-corrected chi connectivity index (χ4v) is 5.06. The van der Waals surface area contributed by atoms with Crippen molar-refractivity contribution in [2.45, 2.75) is 41.8 Å². The Morgan fingerprint density at radius 1 is 0.781 bits per heavy atom. The van der Waals surface area contributed by atoms with Gasteiger partial charge < -0.3 is 4.74 Å². The van der Waals surface area contributed by atoms with Crippen LogP contribution >= 0.6 is 0 Å². The molecule has 174 valence electrons. The lowest BCUT2D eigenvalue weighted by molar-refractivity contribution is -0.274. The van der Waals surface area contributed by atoms with Crippen molar-refractivity contribution in [2.75, 3.05) is 11.3 Å². The quantitative estimate of drug-likeness (QED) is 0.641. The highest BCUT2D eigenvalue weighted by Gasteiger charge is 2.31. The van der Waals surface area contributed by atoms with E-state index in [9.17, 15) is 30.0 Å². The van der Waals surface area contributed by atoms with Gasteiger partial charge in [-0.25, -0.2) is 16.8 Å². The van der Waals surface area contributed by atoms with Gasteiger partial charge in [0.15, 0.2) is 0 Å². The second-order valence-corrected chi connectivity index (χ2v) is 10.3. The molecule has 1 aliphatic heterocycles. The van der Waals surface area contributed by atoms with E-state index in [1.807, 2.05) is 0 Å². The molecule has 0 saturated carbocycles. The van der Waals surface area contributed by atoms with Crippen molar-refractivity contribution in [3.63, 3.8) is 0 Å². The van der Waals surface area contributed by atoms with Crippen LogP contribution in [0, 0.1) is 0 Å². The van der Waals surface area contributed by atoms with E-state index in [2.05, 4.69) is 19.2 Å². The third kappa shape index (κ3) is 6.60. The molecule has 13 heteroatoms.